The number of hydrogen-bond donors (Lipinski definition) is 3. The lowest BCUT2D eigenvalue weighted by atomic mass is 10.5. The van der Waals surface area contributed by atoms with Gasteiger partial charge in [-0.1, -0.05) is 13.8 Å². The Morgan fingerprint density at radius 3 is 1.67 bits per heavy atom. The predicted molar refractivity (Wildman–Crippen MR) is 45.5 cm³/mol. The predicted octanol–water partition coefficient (Wildman–Crippen LogP) is 0.543. The van der Waals surface area contributed by atoms with Crippen LogP contribution in [0.25, 0.3) is 0 Å². The van der Waals surface area contributed by atoms with Gasteiger partial charge in [-0.05, 0) is 13.1 Å². The molecule has 0 radical (unpaired) electrons. The highest BCUT2D eigenvalue weighted by Crippen LogP contribution is 1.82. The van der Waals surface area contributed by atoms with E-state index in [9.17, 15) is 0 Å². The van der Waals surface area contributed by atoms with E-state index in [1.807, 2.05) is 0 Å². The molecule has 0 aromatic carbocycles. The van der Waals surface area contributed by atoms with Gasteiger partial charge in [0, 0.05) is 6.54 Å². The van der Waals surface area contributed by atoms with E-state index in [0.717, 1.165) is 19.6 Å². The van der Waals surface area contributed by atoms with Crippen molar-refractivity contribution in [2.24, 2.45) is 0 Å². The Bertz CT molecular complexity index is 99.6. The van der Waals surface area contributed by atoms with E-state index >= 15 is 0 Å². The van der Waals surface area contributed by atoms with E-state index in [4.69, 9.17) is 20.1 Å². The lowest BCUT2D eigenvalue weighted by Gasteiger charge is -2.15. The number of hydrogen-bond acceptors (Lipinski definition) is 3. The maximum Gasteiger partial charge on any atom is 0.503 e. The SMILES string of the molecule is CCN(CC)CCO.O=C(O)O. The highest BCUT2D eigenvalue weighted by atomic mass is 16.6. The molecule has 0 aliphatic rings. The Morgan fingerprint density at radius 2 is 1.58 bits per heavy atom. The zero-order valence-electron chi connectivity index (χ0n) is 7.53. The second kappa shape index (κ2) is 10.2. The Balaban J connectivity index is 0. The summed E-state index contributed by atoms with van der Waals surface area (Å²) in [6, 6.07) is 0. The molecule has 0 amide bonds. The van der Waals surface area contributed by atoms with Gasteiger partial charge in [0.2, 0.25) is 0 Å². The molecule has 0 rings (SSSR count). The summed E-state index contributed by atoms with van der Waals surface area (Å²) < 4.78 is 0. The largest absolute Gasteiger partial charge is 0.503 e. The van der Waals surface area contributed by atoms with Gasteiger partial charge < -0.3 is 20.2 Å². The number of carboxylic acid groups (broad SMARTS) is 2. The fourth-order valence-corrected chi connectivity index (χ4v) is 0.681. The van der Waals surface area contributed by atoms with E-state index in [1.165, 1.54) is 0 Å². The molecule has 12 heavy (non-hydrogen) atoms. The summed E-state index contributed by atoms with van der Waals surface area (Å²) >= 11 is 0. The van der Waals surface area contributed by atoms with Crippen LogP contribution in [0.15, 0.2) is 0 Å². The summed E-state index contributed by atoms with van der Waals surface area (Å²) in [6.07, 6.45) is -1.83. The van der Waals surface area contributed by atoms with Gasteiger partial charge in [0.05, 0.1) is 6.61 Å². The monoisotopic (exact) mass is 179 g/mol. The molecule has 0 aromatic heterocycles. The first-order valence-electron chi connectivity index (χ1n) is 3.83. The third-order valence-corrected chi connectivity index (χ3v) is 1.31. The number of likely N-dealkylation sites (N-methyl/N-ethyl adjacent to an activating group) is 1. The molecule has 5 heteroatoms. The van der Waals surface area contributed by atoms with Crippen molar-refractivity contribution in [3.8, 4) is 0 Å². The van der Waals surface area contributed by atoms with Crippen molar-refractivity contribution in [1.82, 2.24) is 4.90 Å². The molecule has 0 aromatic rings. The highest BCUT2D eigenvalue weighted by molar-refractivity contribution is 5.53. The lowest BCUT2D eigenvalue weighted by Crippen LogP contribution is -2.25. The van der Waals surface area contributed by atoms with Gasteiger partial charge in [-0.15, -0.1) is 0 Å². The van der Waals surface area contributed by atoms with Gasteiger partial charge in [-0.2, -0.15) is 0 Å². The van der Waals surface area contributed by atoms with Crippen LogP contribution in [0.1, 0.15) is 13.8 Å². The average molecular weight is 179 g/mol. The summed E-state index contributed by atoms with van der Waals surface area (Å²) in [4.78, 5) is 10.7. The fourth-order valence-electron chi connectivity index (χ4n) is 0.681. The quantitative estimate of drug-likeness (QED) is 0.587. The van der Waals surface area contributed by atoms with Crippen molar-refractivity contribution in [3.05, 3.63) is 0 Å². The molecule has 0 saturated heterocycles. The van der Waals surface area contributed by atoms with Crippen LogP contribution < -0.4 is 0 Å². The first-order chi connectivity index (χ1) is 5.58. The smallest absolute Gasteiger partial charge is 0.450 e. The van der Waals surface area contributed by atoms with Gasteiger partial charge in [-0.3, -0.25) is 0 Å². The van der Waals surface area contributed by atoms with Crippen molar-refractivity contribution in [3.63, 3.8) is 0 Å². The standard InChI is InChI=1S/C6H15NO.CH2O3/c1-3-7(4-2)5-6-8;2-1(3)4/h8H,3-6H2,1-2H3;(H2,2,3,4). The normalized spacial score (nSPS) is 9.00. The van der Waals surface area contributed by atoms with E-state index in [1.54, 1.807) is 0 Å². The van der Waals surface area contributed by atoms with Crippen LogP contribution in [-0.2, 0) is 0 Å². The summed E-state index contributed by atoms with van der Waals surface area (Å²) in [5, 5.41) is 22.4. The Kier molecular flexibility index (Phi) is 11.7. The van der Waals surface area contributed by atoms with Crippen LogP contribution >= 0.6 is 0 Å². The van der Waals surface area contributed by atoms with Crippen LogP contribution in [0.5, 0.6) is 0 Å². The maximum atomic E-state index is 8.56. The van der Waals surface area contributed by atoms with Gasteiger partial charge >= 0.3 is 6.16 Å². The Labute approximate surface area is 72.2 Å². The number of nitrogens with zero attached hydrogens (tertiary/aromatic N) is 1. The number of aliphatic hydroxyl groups is 1. The average Bonchev–Trinajstić information content (AvgIpc) is 1.99. The molecule has 0 saturated carbocycles. The number of aliphatic hydroxyl groups excluding tert-OH is 1. The molecule has 0 aliphatic heterocycles. The van der Waals surface area contributed by atoms with Crippen LogP contribution in [0.2, 0.25) is 0 Å². The second-order valence-electron chi connectivity index (χ2n) is 2.03. The van der Waals surface area contributed by atoms with E-state index < -0.39 is 6.16 Å². The van der Waals surface area contributed by atoms with Crippen molar-refractivity contribution in [2.45, 2.75) is 13.8 Å². The van der Waals surface area contributed by atoms with Crippen molar-refractivity contribution >= 4 is 6.16 Å². The van der Waals surface area contributed by atoms with E-state index in [0.29, 0.717) is 0 Å². The Morgan fingerprint density at radius 1 is 1.25 bits per heavy atom. The molecular weight excluding hydrogens is 162 g/mol. The molecule has 0 atom stereocenters. The van der Waals surface area contributed by atoms with Crippen molar-refractivity contribution in [1.29, 1.82) is 0 Å². The molecular formula is C7H17NO4. The Hall–Kier alpha value is -0.810. The fraction of sp³-hybridized carbons (Fsp3) is 0.857. The molecule has 0 heterocycles. The highest BCUT2D eigenvalue weighted by Gasteiger charge is 1.93. The summed E-state index contributed by atoms with van der Waals surface area (Å²) in [5.74, 6) is 0. The van der Waals surface area contributed by atoms with Crippen LogP contribution in [0.3, 0.4) is 0 Å². The lowest BCUT2D eigenvalue weighted by molar-refractivity contribution is 0.137. The molecule has 3 N–H and O–H groups in total. The van der Waals surface area contributed by atoms with Gasteiger partial charge in [0.25, 0.3) is 0 Å². The topological polar surface area (TPSA) is 81.0 Å². The molecule has 5 nitrogen and oxygen atoms in total. The van der Waals surface area contributed by atoms with Gasteiger partial charge in [0.1, 0.15) is 0 Å². The first-order valence-corrected chi connectivity index (χ1v) is 3.83. The third kappa shape index (κ3) is 16.1. The first kappa shape index (κ1) is 13.8. The number of carbonyl (C=O) groups is 1. The molecule has 0 bridgehead atoms. The third-order valence-electron chi connectivity index (χ3n) is 1.31. The van der Waals surface area contributed by atoms with E-state index in [2.05, 4.69) is 18.7 Å². The minimum Gasteiger partial charge on any atom is -0.450 e. The second-order valence-corrected chi connectivity index (χ2v) is 2.03. The zero-order chi connectivity index (χ0) is 9.98. The zero-order valence-corrected chi connectivity index (χ0v) is 7.53. The van der Waals surface area contributed by atoms with Gasteiger partial charge in [-0.25, -0.2) is 4.79 Å². The molecule has 0 unspecified atom stereocenters. The summed E-state index contributed by atoms with van der Waals surface area (Å²) in [7, 11) is 0. The van der Waals surface area contributed by atoms with Gasteiger partial charge in [0.15, 0.2) is 0 Å². The summed E-state index contributed by atoms with van der Waals surface area (Å²) in [5.41, 5.74) is 0. The molecule has 0 aliphatic carbocycles. The van der Waals surface area contributed by atoms with Crippen LogP contribution in [-0.4, -0.2) is 52.6 Å². The minimum absolute atomic E-state index is 0.279. The minimum atomic E-state index is -1.83. The van der Waals surface area contributed by atoms with Crippen molar-refractivity contribution in [2.75, 3.05) is 26.2 Å². The maximum absolute atomic E-state index is 8.56. The van der Waals surface area contributed by atoms with E-state index in [-0.39, 0.29) is 6.61 Å². The summed E-state index contributed by atoms with van der Waals surface area (Å²) in [6.45, 7) is 7.36. The molecule has 0 fully saturated rings. The molecule has 0 spiro atoms. The van der Waals surface area contributed by atoms with Crippen LogP contribution in [0, 0.1) is 0 Å². The van der Waals surface area contributed by atoms with Crippen LogP contribution in [0.4, 0.5) is 4.79 Å². The number of rotatable bonds is 4. The molecule has 74 valence electrons. The van der Waals surface area contributed by atoms with Crippen molar-refractivity contribution < 1.29 is 20.1 Å².